The summed E-state index contributed by atoms with van der Waals surface area (Å²) in [5, 5.41) is 3.49. The fourth-order valence-corrected chi connectivity index (χ4v) is 2.44. The van der Waals surface area contributed by atoms with Crippen LogP contribution in [0.5, 0.6) is 0 Å². The predicted molar refractivity (Wildman–Crippen MR) is 70.7 cm³/mol. The van der Waals surface area contributed by atoms with Gasteiger partial charge in [-0.1, -0.05) is 5.16 Å². The number of halogens is 1. The van der Waals surface area contributed by atoms with Crippen molar-refractivity contribution in [3.05, 3.63) is 17.0 Å². The average Bonchev–Trinajstić information content (AvgIpc) is 2.65. The van der Waals surface area contributed by atoms with Gasteiger partial charge in [-0.15, -0.1) is 11.6 Å². The van der Waals surface area contributed by atoms with Gasteiger partial charge >= 0.3 is 7.12 Å². The molecule has 0 N–H and O–H groups in total. The number of alkyl halides is 1. The molecule has 1 aromatic rings. The van der Waals surface area contributed by atoms with Gasteiger partial charge < -0.3 is 13.8 Å². The van der Waals surface area contributed by atoms with E-state index in [0.717, 1.165) is 11.3 Å². The molecule has 2 rings (SSSR count). The minimum absolute atomic E-state index is 0.385. The number of aromatic nitrogens is 1. The maximum Gasteiger partial charge on any atom is 0.481 e. The number of rotatable bonds is 2. The summed E-state index contributed by atoms with van der Waals surface area (Å²) in [6, 6.07) is 0. The highest BCUT2D eigenvalue weighted by atomic mass is 35.5. The van der Waals surface area contributed by atoms with E-state index in [2.05, 4.69) is 5.16 Å². The van der Waals surface area contributed by atoms with Crippen LogP contribution < -0.4 is 0 Å². The number of aryl methyl sites for hydroxylation is 2. The molecule has 1 unspecified atom stereocenters. The second-order valence-electron chi connectivity index (χ2n) is 5.76. The summed E-state index contributed by atoms with van der Waals surface area (Å²) in [7, 11) is -0.492. The smallest absolute Gasteiger partial charge is 0.402 e. The quantitative estimate of drug-likeness (QED) is 0.612. The monoisotopic (exact) mass is 271 g/mol. The van der Waals surface area contributed by atoms with Crippen LogP contribution in [0.4, 0.5) is 0 Å². The molecule has 0 spiro atoms. The molecule has 2 heterocycles. The number of nitrogens with zero attached hydrogens (tertiary/aromatic N) is 1. The van der Waals surface area contributed by atoms with Crippen molar-refractivity contribution in [2.45, 2.75) is 58.0 Å². The molecule has 1 saturated heterocycles. The molecule has 4 nitrogen and oxygen atoms in total. The SMILES string of the molecule is Cc1noc(C)c1C(Cl)B1OC(C)(C)C(C)(C)O1. The molecular formula is C12H19BClNO3. The van der Waals surface area contributed by atoms with Gasteiger partial charge in [0.05, 0.1) is 22.2 Å². The highest BCUT2D eigenvalue weighted by Crippen LogP contribution is 2.42. The molecule has 0 aliphatic carbocycles. The Labute approximate surface area is 113 Å². The molecule has 0 saturated carbocycles. The Bertz CT molecular complexity index is 423. The van der Waals surface area contributed by atoms with Crippen LogP contribution in [0.25, 0.3) is 0 Å². The summed E-state index contributed by atoms with van der Waals surface area (Å²) in [4.78, 5) is 0. The van der Waals surface area contributed by atoms with Crippen LogP contribution in [0.3, 0.4) is 0 Å². The Kier molecular flexibility index (Phi) is 3.29. The van der Waals surface area contributed by atoms with E-state index < -0.39 is 12.4 Å². The van der Waals surface area contributed by atoms with E-state index in [1.807, 2.05) is 41.5 Å². The Morgan fingerprint density at radius 2 is 1.61 bits per heavy atom. The second kappa shape index (κ2) is 4.25. The fraction of sp³-hybridized carbons (Fsp3) is 0.750. The van der Waals surface area contributed by atoms with Gasteiger partial charge in [-0.2, -0.15) is 0 Å². The summed E-state index contributed by atoms with van der Waals surface area (Å²) in [5.74, 6) is 0.710. The van der Waals surface area contributed by atoms with Crippen LogP contribution in [-0.4, -0.2) is 23.5 Å². The molecule has 6 heteroatoms. The average molecular weight is 272 g/mol. The minimum atomic E-state index is -0.492. The van der Waals surface area contributed by atoms with Crippen molar-refractivity contribution >= 4 is 18.7 Å². The minimum Gasteiger partial charge on any atom is -0.402 e. The highest BCUT2D eigenvalue weighted by Gasteiger charge is 2.54. The molecule has 18 heavy (non-hydrogen) atoms. The molecule has 1 aromatic heterocycles. The zero-order valence-corrected chi connectivity index (χ0v) is 12.5. The second-order valence-corrected chi connectivity index (χ2v) is 6.23. The molecule has 1 aliphatic heterocycles. The van der Waals surface area contributed by atoms with E-state index in [1.165, 1.54) is 0 Å². The first-order chi connectivity index (χ1) is 8.16. The van der Waals surface area contributed by atoms with Gasteiger partial charge in [-0.25, -0.2) is 0 Å². The Balaban J connectivity index is 2.25. The predicted octanol–water partition coefficient (Wildman–Crippen LogP) is 3.20. The molecule has 1 atom stereocenters. The van der Waals surface area contributed by atoms with E-state index in [1.54, 1.807) is 0 Å². The first kappa shape index (κ1) is 13.9. The van der Waals surface area contributed by atoms with Crippen LogP contribution in [0.1, 0.15) is 50.0 Å². The third-order valence-corrected chi connectivity index (χ3v) is 4.30. The lowest BCUT2D eigenvalue weighted by Crippen LogP contribution is -2.41. The summed E-state index contributed by atoms with van der Waals surface area (Å²) in [6.45, 7) is 11.7. The molecule has 0 bridgehead atoms. The zero-order chi connectivity index (χ0) is 13.7. The van der Waals surface area contributed by atoms with Gasteiger partial charge in [-0.05, 0) is 41.5 Å². The molecule has 0 aromatic carbocycles. The Morgan fingerprint density at radius 3 is 2.00 bits per heavy atom. The maximum absolute atomic E-state index is 6.47. The van der Waals surface area contributed by atoms with Crippen molar-refractivity contribution in [1.82, 2.24) is 5.16 Å². The Morgan fingerprint density at radius 1 is 1.11 bits per heavy atom. The van der Waals surface area contributed by atoms with Crippen molar-refractivity contribution in [2.75, 3.05) is 0 Å². The highest BCUT2D eigenvalue weighted by molar-refractivity contribution is 6.59. The molecule has 1 aliphatic rings. The summed E-state index contributed by atoms with van der Waals surface area (Å²) in [6.07, 6.45) is 0. The van der Waals surface area contributed by atoms with E-state index in [0.29, 0.717) is 5.76 Å². The van der Waals surface area contributed by atoms with E-state index in [4.69, 9.17) is 25.4 Å². The molecular weight excluding hydrogens is 252 g/mol. The Hall–Kier alpha value is -0.515. The van der Waals surface area contributed by atoms with E-state index in [9.17, 15) is 0 Å². The maximum atomic E-state index is 6.47. The van der Waals surface area contributed by atoms with Crippen LogP contribution >= 0.6 is 11.6 Å². The van der Waals surface area contributed by atoms with Crippen molar-refractivity contribution in [2.24, 2.45) is 0 Å². The third-order valence-electron chi connectivity index (χ3n) is 3.87. The van der Waals surface area contributed by atoms with Crippen LogP contribution in [-0.2, 0) is 9.31 Å². The summed E-state index contributed by atoms with van der Waals surface area (Å²) < 4.78 is 17.0. The summed E-state index contributed by atoms with van der Waals surface area (Å²) >= 11 is 6.47. The van der Waals surface area contributed by atoms with Crippen molar-refractivity contribution in [3.63, 3.8) is 0 Å². The van der Waals surface area contributed by atoms with E-state index >= 15 is 0 Å². The first-order valence-electron chi connectivity index (χ1n) is 6.08. The summed E-state index contributed by atoms with van der Waals surface area (Å²) in [5.41, 5.74) is 0.866. The third kappa shape index (κ3) is 2.08. The van der Waals surface area contributed by atoms with Crippen LogP contribution in [0, 0.1) is 13.8 Å². The fourth-order valence-electron chi connectivity index (χ4n) is 2.03. The zero-order valence-electron chi connectivity index (χ0n) is 11.7. The van der Waals surface area contributed by atoms with Gasteiger partial charge in [0.1, 0.15) is 5.76 Å². The molecule has 0 radical (unpaired) electrons. The number of hydrogen-bond acceptors (Lipinski definition) is 4. The van der Waals surface area contributed by atoms with Gasteiger partial charge in [0.2, 0.25) is 0 Å². The molecule has 1 fully saturated rings. The van der Waals surface area contributed by atoms with Gasteiger partial charge in [0.25, 0.3) is 0 Å². The largest absolute Gasteiger partial charge is 0.481 e. The van der Waals surface area contributed by atoms with Crippen LogP contribution in [0.2, 0.25) is 0 Å². The van der Waals surface area contributed by atoms with Gasteiger partial charge in [-0.3, -0.25) is 0 Å². The lowest BCUT2D eigenvalue weighted by molar-refractivity contribution is 0.00578. The van der Waals surface area contributed by atoms with Crippen LogP contribution in [0.15, 0.2) is 4.52 Å². The number of hydrogen-bond donors (Lipinski definition) is 0. The van der Waals surface area contributed by atoms with Gasteiger partial charge in [0.15, 0.2) is 0 Å². The lowest BCUT2D eigenvalue weighted by atomic mass is 9.79. The molecule has 100 valence electrons. The van der Waals surface area contributed by atoms with Crippen molar-refractivity contribution in [3.8, 4) is 0 Å². The standard InChI is InChI=1S/C12H19BClNO3/c1-7-9(8(2)16-15-7)10(14)13-17-11(3,4)12(5,6)18-13/h10H,1-6H3. The van der Waals surface area contributed by atoms with E-state index in [-0.39, 0.29) is 11.2 Å². The topological polar surface area (TPSA) is 44.5 Å². The lowest BCUT2D eigenvalue weighted by Gasteiger charge is -2.32. The first-order valence-corrected chi connectivity index (χ1v) is 6.52. The molecule has 0 amide bonds. The van der Waals surface area contributed by atoms with Crippen molar-refractivity contribution in [1.29, 1.82) is 0 Å². The van der Waals surface area contributed by atoms with Gasteiger partial charge in [0, 0.05) is 5.56 Å². The van der Waals surface area contributed by atoms with Crippen molar-refractivity contribution < 1.29 is 13.8 Å². The normalized spacial score (nSPS) is 23.4.